The Balaban J connectivity index is 2.61. The molecule has 0 amide bonds. The summed E-state index contributed by atoms with van der Waals surface area (Å²) < 4.78 is 37.8. The lowest BCUT2D eigenvalue weighted by molar-refractivity contribution is -0.141. The van der Waals surface area contributed by atoms with E-state index in [1.54, 1.807) is 0 Å². The van der Waals surface area contributed by atoms with Gasteiger partial charge in [0.1, 0.15) is 12.0 Å². The molecule has 0 aromatic carbocycles. The highest BCUT2D eigenvalue weighted by Gasteiger charge is 2.32. The van der Waals surface area contributed by atoms with E-state index in [-0.39, 0.29) is 5.65 Å². The van der Waals surface area contributed by atoms with Crippen LogP contribution in [0.4, 0.5) is 13.2 Å². The van der Waals surface area contributed by atoms with Crippen molar-refractivity contribution in [2.45, 2.75) is 6.18 Å². The summed E-state index contributed by atoms with van der Waals surface area (Å²) in [5.74, 6) is 0. The van der Waals surface area contributed by atoms with Crippen LogP contribution < -0.4 is 0 Å². The molecule has 68 valence electrons. The van der Waals surface area contributed by atoms with E-state index in [1.165, 1.54) is 23.1 Å². The Labute approximate surface area is 70.9 Å². The molecule has 0 atom stereocenters. The summed E-state index contributed by atoms with van der Waals surface area (Å²) in [6, 6.07) is 0.911. The Bertz CT molecular complexity index is 432. The Morgan fingerprint density at radius 2 is 2.08 bits per heavy atom. The van der Waals surface area contributed by atoms with Crippen LogP contribution in [0.25, 0.3) is 5.65 Å². The number of imidazole rings is 1. The highest BCUT2D eigenvalue weighted by molar-refractivity contribution is 5.35. The minimum atomic E-state index is -4.40. The average Bonchev–Trinajstić information content (AvgIpc) is 2.47. The molecule has 0 fully saturated rings. The van der Waals surface area contributed by atoms with Crippen LogP contribution in [0.5, 0.6) is 0 Å². The van der Waals surface area contributed by atoms with Gasteiger partial charge in [0.05, 0.1) is 6.20 Å². The Morgan fingerprint density at radius 3 is 2.77 bits per heavy atom. The van der Waals surface area contributed by atoms with Crippen molar-refractivity contribution in [1.29, 1.82) is 0 Å². The van der Waals surface area contributed by atoms with Gasteiger partial charge in [0.2, 0.25) is 0 Å². The first-order valence-electron chi connectivity index (χ1n) is 3.43. The number of rotatable bonds is 0. The molecule has 2 aromatic heterocycles. The summed E-state index contributed by atoms with van der Waals surface area (Å²) >= 11 is 0. The lowest BCUT2D eigenvalue weighted by atomic mass is 10.4. The molecule has 6 heteroatoms. The molecule has 0 saturated heterocycles. The fraction of sp³-hybridized carbons (Fsp3) is 0.143. The number of hydrogen-bond acceptors (Lipinski definition) is 2. The number of fused-ring (bicyclic) bond motifs is 1. The quantitative estimate of drug-likeness (QED) is 0.628. The van der Waals surface area contributed by atoms with Crippen LogP contribution in [0.3, 0.4) is 0 Å². The van der Waals surface area contributed by atoms with Gasteiger partial charge >= 0.3 is 6.18 Å². The van der Waals surface area contributed by atoms with Crippen molar-refractivity contribution in [3.05, 3.63) is 30.5 Å². The van der Waals surface area contributed by atoms with Crippen molar-refractivity contribution in [3.8, 4) is 0 Å². The van der Waals surface area contributed by atoms with E-state index in [2.05, 4.69) is 9.97 Å². The van der Waals surface area contributed by atoms with Gasteiger partial charge in [-0.2, -0.15) is 13.2 Å². The molecule has 2 rings (SSSR count). The second-order valence-corrected chi connectivity index (χ2v) is 2.47. The summed E-state index contributed by atoms with van der Waals surface area (Å²) in [5, 5.41) is 0. The van der Waals surface area contributed by atoms with E-state index in [0.717, 1.165) is 6.07 Å². The summed E-state index contributed by atoms with van der Waals surface area (Å²) in [7, 11) is 0. The molecule has 2 aromatic rings. The monoisotopic (exact) mass is 187 g/mol. The zero-order valence-electron chi connectivity index (χ0n) is 6.28. The molecular formula is C7H4F3N3. The number of hydrogen-bond donors (Lipinski definition) is 0. The first-order chi connectivity index (χ1) is 6.07. The van der Waals surface area contributed by atoms with Gasteiger partial charge in [-0.1, -0.05) is 0 Å². The summed E-state index contributed by atoms with van der Waals surface area (Å²) in [5.41, 5.74) is -0.713. The van der Waals surface area contributed by atoms with Gasteiger partial charge in [-0.15, -0.1) is 0 Å². The van der Waals surface area contributed by atoms with E-state index in [4.69, 9.17) is 0 Å². The van der Waals surface area contributed by atoms with Crippen LogP contribution in [-0.2, 0) is 6.18 Å². The van der Waals surface area contributed by atoms with E-state index in [0.29, 0.717) is 0 Å². The summed E-state index contributed by atoms with van der Waals surface area (Å²) in [6.07, 6.45) is -0.456. The van der Waals surface area contributed by atoms with Crippen LogP contribution in [0, 0.1) is 0 Å². The molecule has 0 unspecified atom stereocenters. The lowest BCUT2D eigenvalue weighted by Crippen LogP contribution is -2.08. The van der Waals surface area contributed by atoms with Crippen molar-refractivity contribution in [3.63, 3.8) is 0 Å². The van der Waals surface area contributed by atoms with Crippen LogP contribution in [0.1, 0.15) is 5.69 Å². The summed E-state index contributed by atoms with van der Waals surface area (Å²) in [6.45, 7) is 0. The number of nitrogens with zero attached hydrogens (tertiary/aromatic N) is 3. The third-order valence-electron chi connectivity index (χ3n) is 1.56. The van der Waals surface area contributed by atoms with E-state index < -0.39 is 11.9 Å². The largest absolute Gasteiger partial charge is 0.433 e. The van der Waals surface area contributed by atoms with Crippen molar-refractivity contribution < 1.29 is 13.2 Å². The Morgan fingerprint density at radius 1 is 1.31 bits per heavy atom. The molecule has 13 heavy (non-hydrogen) atoms. The summed E-state index contributed by atoms with van der Waals surface area (Å²) in [4.78, 5) is 7.04. The van der Waals surface area contributed by atoms with E-state index in [1.807, 2.05) is 0 Å². The second kappa shape index (κ2) is 2.45. The van der Waals surface area contributed by atoms with E-state index in [9.17, 15) is 13.2 Å². The second-order valence-electron chi connectivity index (χ2n) is 2.47. The number of halogens is 3. The standard InChI is InChI=1S/C7H4F3N3/c8-7(9,10)5-1-2-13-4-11-3-6(13)12-5/h1-4H. The molecule has 2 heterocycles. The van der Waals surface area contributed by atoms with Gasteiger partial charge in [0.25, 0.3) is 0 Å². The minimum absolute atomic E-state index is 0.190. The maximum atomic E-state index is 12.1. The zero-order valence-corrected chi connectivity index (χ0v) is 6.28. The topological polar surface area (TPSA) is 30.2 Å². The van der Waals surface area contributed by atoms with Gasteiger partial charge in [0, 0.05) is 6.20 Å². The van der Waals surface area contributed by atoms with Crippen LogP contribution in [0.15, 0.2) is 24.8 Å². The first-order valence-corrected chi connectivity index (χ1v) is 3.43. The van der Waals surface area contributed by atoms with Crippen LogP contribution in [-0.4, -0.2) is 14.4 Å². The smallest absolute Gasteiger partial charge is 0.291 e. The zero-order chi connectivity index (χ0) is 9.47. The number of aromatic nitrogens is 3. The van der Waals surface area contributed by atoms with Crippen molar-refractivity contribution in [2.75, 3.05) is 0 Å². The van der Waals surface area contributed by atoms with Gasteiger partial charge < -0.3 is 0 Å². The fourth-order valence-corrected chi connectivity index (χ4v) is 0.969. The fourth-order valence-electron chi connectivity index (χ4n) is 0.969. The van der Waals surface area contributed by atoms with Gasteiger partial charge in [-0.25, -0.2) is 9.97 Å². The highest BCUT2D eigenvalue weighted by atomic mass is 19.4. The van der Waals surface area contributed by atoms with Gasteiger partial charge in [0.15, 0.2) is 5.65 Å². The maximum absolute atomic E-state index is 12.1. The number of alkyl halides is 3. The first kappa shape index (κ1) is 8.03. The minimum Gasteiger partial charge on any atom is -0.291 e. The SMILES string of the molecule is FC(F)(F)c1ccn2cncc2n1. The average molecular weight is 187 g/mol. The molecule has 0 spiro atoms. The van der Waals surface area contributed by atoms with Crippen molar-refractivity contribution >= 4 is 5.65 Å². The molecule has 3 nitrogen and oxygen atoms in total. The molecule has 0 bridgehead atoms. The van der Waals surface area contributed by atoms with Crippen LogP contribution in [0.2, 0.25) is 0 Å². The molecule has 0 radical (unpaired) electrons. The lowest BCUT2D eigenvalue weighted by Gasteiger charge is -2.04. The van der Waals surface area contributed by atoms with Gasteiger partial charge in [-0.3, -0.25) is 4.40 Å². The molecule has 0 aliphatic heterocycles. The molecular weight excluding hydrogens is 183 g/mol. The van der Waals surface area contributed by atoms with Crippen molar-refractivity contribution in [2.24, 2.45) is 0 Å². The molecule has 0 aliphatic rings. The third kappa shape index (κ3) is 1.34. The Kier molecular flexibility index (Phi) is 1.51. The predicted octanol–water partition coefficient (Wildman–Crippen LogP) is 1.75. The third-order valence-corrected chi connectivity index (χ3v) is 1.56. The van der Waals surface area contributed by atoms with Gasteiger partial charge in [-0.05, 0) is 6.07 Å². The maximum Gasteiger partial charge on any atom is 0.433 e. The normalized spacial score (nSPS) is 12.2. The predicted molar refractivity (Wildman–Crippen MR) is 38.0 cm³/mol. The van der Waals surface area contributed by atoms with Crippen molar-refractivity contribution in [1.82, 2.24) is 14.4 Å². The Hall–Kier alpha value is -1.59. The highest BCUT2D eigenvalue weighted by Crippen LogP contribution is 2.27. The molecule has 0 saturated carbocycles. The molecule has 0 N–H and O–H groups in total. The van der Waals surface area contributed by atoms with E-state index >= 15 is 0 Å². The van der Waals surface area contributed by atoms with Crippen LogP contribution >= 0.6 is 0 Å². The molecule has 0 aliphatic carbocycles.